The fourth-order valence-corrected chi connectivity index (χ4v) is 3.99. The Hall–Kier alpha value is -3.78. The van der Waals surface area contributed by atoms with Crippen LogP contribution in [0.4, 0.5) is 0 Å². The Morgan fingerprint density at radius 3 is 2.48 bits per heavy atom. The van der Waals surface area contributed by atoms with Crippen LogP contribution in [0, 0.1) is 18.3 Å². The number of aryl methyl sites for hydroxylation is 3. The molecule has 4 rings (SSSR count). The molecule has 0 amide bonds. The van der Waals surface area contributed by atoms with Crippen LogP contribution in [0.3, 0.4) is 0 Å². The molecular formula is C26H23NO4. The first-order valence-corrected chi connectivity index (χ1v) is 10.2. The number of nitrogens with zero attached hydrogens (tertiary/aromatic N) is 1. The van der Waals surface area contributed by atoms with E-state index in [1.165, 1.54) is 0 Å². The summed E-state index contributed by atoms with van der Waals surface area (Å²) in [4.78, 5) is 12.0. The fourth-order valence-electron chi connectivity index (χ4n) is 3.99. The van der Waals surface area contributed by atoms with Gasteiger partial charge in [-0.15, -0.1) is 0 Å². The molecule has 0 unspecified atom stereocenters. The zero-order valence-electron chi connectivity index (χ0n) is 17.3. The Labute approximate surface area is 181 Å². The molecule has 0 spiro atoms. The van der Waals surface area contributed by atoms with Gasteiger partial charge in [-0.25, -0.2) is 0 Å². The van der Waals surface area contributed by atoms with Gasteiger partial charge < -0.3 is 14.6 Å². The predicted octanol–water partition coefficient (Wildman–Crippen LogP) is 4.79. The Balaban J connectivity index is 1.55. The van der Waals surface area contributed by atoms with Crippen LogP contribution >= 0.6 is 0 Å². The molecule has 5 heteroatoms. The molecule has 1 aliphatic heterocycles. The van der Waals surface area contributed by atoms with E-state index >= 15 is 0 Å². The van der Waals surface area contributed by atoms with E-state index in [1.54, 1.807) is 6.07 Å². The van der Waals surface area contributed by atoms with Crippen molar-refractivity contribution >= 4 is 5.97 Å². The van der Waals surface area contributed by atoms with Gasteiger partial charge in [-0.1, -0.05) is 42.5 Å². The Morgan fingerprint density at radius 1 is 1.03 bits per heavy atom. The summed E-state index contributed by atoms with van der Waals surface area (Å²) in [5, 5.41) is 19.4. The zero-order chi connectivity index (χ0) is 21.8. The van der Waals surface area contributed by atoms with Crippen LogP contribution in [0.25, 0.3) is 0 Å². The average molecular weight is 413 g/mol. The smallest absolute Gasteiger partial charge is 0.311 e. The largest absolute Gasteiger partial charge is 0.481 e. The van der Waals surface area contributed by atoms with Crippen LogP contribution < -0.4 is 9.47 Å². The first-order valence-electron chi connectivity index (χ1n) is 10.2. The predicted molar refractivity (Wildman–Crippen MR) is 116 cm³/mol. The lowest BCUT2D eigenvalue weighted by molar-refractivity contribution is -0.138. The van der Waals surface area contributed by atoms with Crippen LogP contribution in [0.15, 0.2) is 60.7 Å². The number of nitriles is 1. The van der Waals surface area contributed by atoms with Crippen molar-refractivity contribution in [3.63, 3.8) is 0 Å². The number of benzene rings is 3. The highest BCUT2D eigenvalue weighted by atomic mass is 16.7. The van der Waals surface area contributed by atoms with Gasteiger partial charge in [0.2, 0.25) is 6.79 Å². The maximum Gasteiger partial charge on any atom is 0.311 e. The molecule has 0 saturated carbocycles. The van der Waals surface area contributed by atoms with E-state index in [0.29, 0.717) is 5.56 Å². The van der Waals surface area contributed by atoms with Crippen molar-refractivity contribution < 1.29 is 19.4 Å². The molecule has 3 aromatic rings. The van der Waals surface area contributed by atoms with Gasteiger partial charge in [0.1, 0.15) is 0 Å². The molecule has 0 bridgehead atoms. The van der Waals surface area contributed by atoms with Gasteiger partial charge >= 0.3 is 5.97 Å². The molecule has 1 atom stereocenters. The van der Waals surface area contributed by atoms with Gasteiger partial charge in [-0.05, 0) is 72.2 Å². The minimum atomic E-state index is -0.885. The van der Waals surface area contributed by atoms with Crippen molar-refractivity contribution in [1.29, 1.82) is 5.26 Å². The van der Waals surface area contributed by atoms with Crippen molar-refractivity contribution in [3.05, 3.63) is 94.0 Å². The third-order valence-electron chi connectivity index (χ3n) is 5.72. The van der Waals surface area contributed by atoms with E-state index in [2.05, 4.69) is 6.07 Å². The standard InChI is InChI=1S/C26H23NO4/c1-17-4-2-3-5-22(17)23(26(28)29)14-21-12-18(8-10-20(21)15-27)6-7-19-9-11-24-25(13-19)31-16-30-24/h2-5,8-13,23H,6-7,14,16H2,1H3,(H,28,29)/t23-/m0/s1. The molecule has 0 saturated heterocycles. The minimum absolute atomic E-state index is 0.253. The van der Waals surface area contributed by atoms with Crippen molar-refractivity contribution in [2.45, 2.75) is 32.1 Å². The maximum absolute atomic E-state index is 12.0. The molecule has 1 aliphatic rings. The third-order valence-corrected chi connectivity index (χ3v) is 5.72. The van der Waals surface area contributed by atoms with Crippen molar-refractivity contribution in [3.8, 4) is 17.6 Å². The van der Waals surface area contributed by atoms with Crippen molar-refractivity contribution in [1.82, 2.24) is 0 Å². The van der Waals surface area contributed by atoms with E-state index in [0.717, 1.165) is 52.2 Å². The third kappa shape index (κ3) is 4.54. The van der Waals surface area contributed by atoms with E-state index < -0.39 is 11.9 Å². The maximum atomic E-state index is 12.0. The highest BCUT2D eigenvalue weighted by Crippen LogP contribution is 2.33. The lowest BCUT2D eigenvalue weighted by atomic mass is 9.87. The SMILES string of the molecule is Cc1ccccc1[C@H](Cc1cc(CCc2ccc3c(c2)OCO3)ccc1C#N)C(=O)O. The number of fused-ring (bicyclic) bond motifs is 1. The van der Waals surface area contributed by atoms with Gasteiger partial charge in [0, 0.05) is 0 Å². The van der Waals surface area contributed by atoms with Crippen LogP contribution in [0.2, 0.25) is 0 Å². The van der Waals surface area contributed by atoms with Crippen LogP contribution in [-0.2, 0) is 24.1 Å². The fraction of sp³-hybridized carbons (Fsp3) is 0.231. The number of ether oxygens (including phenoxy) is 2. The normalized spacial score (nSPS) is 12.9. The molecule has 0 aliphatic carbocycles. The first-order chi connectivity index (χ1) is 15.0. The number of rotatable bonds is 7. The minimum Gasteiger partial charge on any atom is -0.481 e. The molecule has 1 heterocycles. The molecule has 31 heavy (non-hydrogen) atoms. The lowest BCUT2D eigenvalue weighted by Gasteiger charge is -2.17. The number of aliphatic carboxylic acids is 1. The van der Waals surface area contributed by atoms with E-state index in [-0.39, 0.29) is 13.2 Å². The number of carboxylic acid groups (broad SMARTS) is 1. The highest BCUT2D eigenvalue weighted by Gasteiger charge is 2.23. The van der Waals surface area contributed by atoms with Crippen molar-refractivity contribution in [2.24, 2.45) is 0 Å². The summed E-state index contributed by atoms with van der Waals surface area (Å²) in [6.45, 7) is 2.17. The Morgan fingerprint density at radius 2 is 1.74 bits per heavy atom. The topological polar surface area (TPSA) is 79.5 Å². The van der Waals surface area contributed by atoms with Crippen LogP contribution in [0.1, 0.15) is 39.3 Å². The van der Waals surface area contributed by atoms with Gasteiger partial charge in [-0.3, -0.25) is 4.79 Å². The van der Waals surface area contributed by atoms with E-state index in [4.69, 9.17) is 9.47 Å². The molecule has 0 fully saturated rings. The summed E-state index contributed by atoms with van der Waals surface area (Å²) in [5.74, 6) is -0.0535. The lowest BCUT2D eigenvalue weighted by Crippen LogP contribution is -2.16. The van der Waals surface area contributed by atoms with Crippen LogP contribution in [0.5, 0.6) is 11.5 Å². The summed E-state index contributed by atoms with van der Waals surface area (Å²) in [6, 6.07) is 21.4. The summed E-state index contributed by atoms with van der Waals surface area (Å²) in [5.41, 5.74) is 5.21. The molecule has 0 radical (unpaired) electrons. The highest BCUT2D eigenvalue weighted by molar-refractivity contribution is 5.77. The molecule has 5 nitrogen and oxygen atoms in total. The molecule has 156 valence electrons. The van der Waals surface area contributed by atoms with Gasteiger partial charge in [0.05, 0.1) is 17.6 Å². The number of hydrogen-bond acceptors (Lipinski definition) is 4. The number of carbonyl (C=O) groups is 1. The van der Waals surface area contributed by atoms with Gasteiger partial charge in [0.25, 0.3) is 0 Å². The second kappa shape index (κ2) is 8.93. The summed E-state index contributed by atoms with van der Waals surface area (Å²) < 4.78 is 10.8. The second-order valence-corrected chi connectivity index (χ2v) is 7.74. The zero-order valence-corrected chi connectivity index (χ0v) is 17.3. The Bertz CT molecular complexity index is 1160. The average Bonchev–Trinajstić information content (AvgIpc) is 3.24. The molecule has 0 aromatic heterocycles. The monoisotopic (exact) mass is 413 g/mol. The van der Waals surface area contributed by atoms with E-state index in [9.17, 15) is 15.2 Å². The Kier molecular flexibility index (Phi) is 5.90. The second-order valence-electron chi connectivity index (χ2n) is 7.74. The molecule has 3 aromatic carbocycles. The number of carboxylic acids is 1. The number of hydrogen-bond donors (Lipinski definition) is 1. The van der Waals surface area contributed by atoms with Gasteiger partial charge in [0.15, 0.2) is 11.5 Å². The van der Waals surface area contributed by atoms with Crippen LogP contribution in [-0.4, -0.2) is 17.9 Å². The first kappa shape index (κ1) is 20.5. The summed E-state index contributed by atoms with van der Waals surface area (Å²) in [7, 11) is 0. The molecule has 1 N–H and O–H groups in total. The van der Waals surface area contributed by atoms with Crippen molar-refractivity contribution in [2.75, 3.05) is 6.79 Å². The quantitative estimate of drug-likeness (QED) is 0.602. The molecular weight excluding hydrogens is 390 g/mol. The summed E-state index contributed by atoms with van der Waals surface area (Å²) >= 11 is 0. The van der Waals surface area contributed by atoms with E-state index in [1.807, 2.05) is 61.5 Å². The summed E-state index contributed by atoms with van der Waals surface area (Å²) in [6.07, 6.45) is 1.86. The van der Waals surface area contributed by atoms with Gasteiger partial charge in [-0.2, -0.15) is 5.26 Å².